The van der Waals surface area contributed by atoms with Gasteiger partial charge >= 0.3 is 0 Å². The summed E-state index contributed by atoms with van der Waals surface area (Å²) in [6.45, 7) is 2.87. The van der Waals surface area contributed by atoms with E-state index in [0.29, 0.717) is 37.8 Å². The first kappa shape index (κ1) is 23.2. The third-order valence-corrected chi connectivity index (χ3v) is 5.48. The molecule has 1 aliphatic heterocycles. The van der Waals surface area contributed by atoms with Crippen molar-refractivity contribution in [3.8, 4) is 11.3 Å². The molecule has 1 aliphatic rings. The van der Waals surface area contributed by atoms with Crippen LogP contribution in [0, 0.1) is 0 Å². The molecule has 0 unspecified atom stereocenters. The van der Waals surface area contributed by atoms with Crippen LogP contribution in [0.1, 0.15) is 0 Å². The van der Waals surface area contributed by atoms with Gasteiger partial charge in [0.15, 0.2) is 5.82 Å². The number of aromatic nitrogens is 2. The molecule has 3 aromatic rings. The average molecular weight is 465 g/mol. The topological polar surface area (TPSA) is 143 Å². The number of piperazine rings is 1. The van der Waals surface area contributed by atoms with Crippen LogP contribution in [0.25, 0.3) is 11.3 Å². The van der Waals surface area contributed by atoms with Gasteiger partial charge in [-0.3, -0.25) is 20.1 Å². The number of hydrogen-bond donors (Lipinski definition) is 5. The van der Waals surface area contributed by atoms with E-state index in [0.717, 1.165) is 23.5 Å². The highest BCUT2D eigenvalue weighted by molar-refractivity contribution is 5.99. The fourth-order valence-corrected chi connectivity index (χ4v) is 3.74. The summed E-state index contributed by atoms with van der Waals surface area (Å²) in [6, 6.07) is 16.7. The summed E-state index contributed by atoms with van der Waals surface area (Å²) in [5.74, 6) is 1.24. The highest BCUT2D eigenvalue weighted by atomic mass is 16.8. The van der Waals surface area contributed by atoms with Crippen molar-refractivity contribution in [3.05, 3.63) is 54.6 Å². The molecule has 1 fully saturated rings. The summed E-state index contributed by atoms with van der Waals surface area (Å²) in [5.41, 5.74) is 8.20. The van der Waals surface area contributed by atoms with Crippen LogP contribution < -0.4 is 26.5 Å². The van der Waals surface area contributed by atoms with Gasteiger partial charge in [-0.25, -0.2) is 9.97 Å². The van der Waals surface area contributed by atoms with E-state index in [9.17, 15) is 4.79 Å². The summed E-state index contributed by atoms with van der Waals surface area (Å²) < 4.78 is 0. The van der Waals surface area contributed by atoms with Crippen molar-refractivity contribution < 1.29 is 15.2 Å². The number of pyridine rings is 2. The molecule has 6 N–H and O–H groups in total. The Kier molecular flexibility index (Phi) is 7.07. The van der Waals surface area contributed by atoms with Crippen molar-refractivity contribution in [2.45, 2.75) is 0 Å². The van der Waals surface area contributed by atoms with Crippen molar-refractivity contribution in [1.29, 1.82) is 0 Å². The number of likely N-dealkylation sites (N-methyl/N-ethyl adjacent to an activating group) is 1. The zero-order chi connectivity index (χ0) is 24.1. The summed E-state index contributed by atoms with van der Waals surface area (Å²) >= 11 is 0. The Morgan fingerprint density at radius 1 is 0.971 bits per heavy atom. The van der Waals surface area contributed by atoms with Gasteiger partial charge in [0.05, 0.1) is 17.9 Å². The van der Waals surface area contributed by atoms with Crippen LogP contribution in [0.3, 0.4) is 0 Å². The van der Waals surface area contributed by atoms with Crippen LogP contribution in [0.4, 0.5) is 28.8 Å². The van der Waals surface area contributed by atoms with Gasteiger partial charge in [-0.05, 0) is 31.3 Å². The number of carbonyl (C=O) groups excluding carboxylic acids is 1. The summed E-state index contributed by atoms with van der Waals surface area (Å²) in [6.07, 6.45) is 0. The Labute approximate surface area is 197 Å². The average Bonchev–Trinajstić information content (AvgIpc) is 2.82. The zero-order valence-corrected chi connectivity index (χ0v) is 18.8. The first-order valence-corrected chi connectivity index (χ1v) is 10.9. The molecule has 1 aromatic carbocycles. The lowest BCUT2D eigenvalue weighted by molar-refractivity contribution is -0.120. The molecule has 0 aliphatic carbocycles. The van der Waals surface area contributed by atoms with Crippen molar-refractivity contribution in [1.82, 2.24) is 14.9 Å². The second-order valence-electron chi connectivity index (χ2n) is 7.96. The molecule has 3 heterocycles. The van der Waals surface area contributed by atoms with E-state index in [2.05, 4.69) is 15.6 Å². The molecule has 0 saturated carbocycles. The second-order valence-corrected chi connectivity index (χ2v) is 7.96. The van der Waals surface area contributed by atoms with Gasteiger partial charge in [0, 0.05) is 31.7 Å². The maximum absolute atomic E-state index is 12.7. The van der Waals surface area contributed by atoms with Gasteiger partial charge in [-0.2, -0.15) is 0 Å². The van der Waals surface area contributed by atoms with Gasteiger partial charge in [0.1, 0.15) is 17.3 Å². The predicted octanol–water partition coefficient (Wildman–Crippen LogP) is 2.11. The maximum Gasteiger partial charge on any atom is 0.241 e. The molecule has 178 valence electrons. The Morgan fingerprint density at radius 2 is 1.65 bits per heavy atom. The zero-order valence-electron chi connectivity index (χ0n) is 18.8. The summed E-state index contributed by atoms with van der Waals surface area (Å²) in [7, 11) is 1.94. The fourth-order valence-electron chi connectivity index (χ4n) is 3.74. The minimum absolute atomic E-state index is 0.000221. The van der Waals surface area contributed by atoms with Crippen molar-refractivity contribution in [2.75, 3.05) is 66.3 Å². The minimum Gasteiger partial charge on any atom is -0.382 e. The molecule has 11 nitrogen and oxygen atoms in total. The van der Waals surface area contributed by atoms with E-state index < -0.39 is 0 Å². The normalized spacial score (nSPS) is 14.2. The second kappa shape index (κ2) is 10.3. The molecular formula is C23H28N8O3. The monoisotopic (exact) mass is 464 g/mol. The number of hydrogen-bond acceptors (Lipinski definition) is 10. The van der Waals surface area contributed by atoms with E-state index in [1.807, 2.05) is 54.4 Å². The lowest BCUT2D eigenvalue weighted by Gasteiger charge is -2.33. The first-order valence-electron chi connectivity index (χ1n) is 10.9. The molecular weight excluding hydrogens is 436 g/mol. The van der Waals surface area contributed by atoms with E-state index in [1.165, 1.54) is 6.07 Å². The Hall–Kier alpha value is -3.93. The van der Waals surface area contributed by atoms with Crippen LogP contribution in [-0.2, 0) is 4.79 Å². The number of carbonyl (C=O) groups is 1. The fraction of sp³-hybridized carbons (Fsp3) is 0.261. The molecule has 2 aromatic heterocycles. The van der Waals surface area contributed by atoms with Crippen LogP contribution in [0.5, 0.6) is 0 Å². The van der Waals surface area contributed by atoms with Crippen LogP contribution in [0.15, 0.2) is 54.6 Å². The SMILES string of the molecule is CN1CCN(c2ccc(NCCNc3ccc(N(O)O)c(N)n3)nc2-c2ccccc2)C(=O)C1. The summed E-state index contributed by atoms with van der Waals surface area (Å²) in [4.78, 5) is 25.4. The van der Waals surface area contributed by atoms with Crippen molar-refractivity contribution in [2.24, 2.45) is 0 Å². The quantitative estimate of drug-likeness (QED) is 0.248. The van der Waals surface area contributed by atoms with E-state index in [-0.39, 0.29) is 22.6 Å². The Morgan fingerprint density at radius 3 is 2.29 bits per heavy atom. The molecule has 4 rings (SSSR count). The maximum atomic E-state index is 12.7. The molecule has 11 heteroatoms. The van der Waals surface area contributed by atoms with Gasteiger partial charge in [-0.1, -0.05) is 30.3 Å². The lowest BCUT2D eigenvalue weighted by Crippen LogP contribution is -2.49. The smallest absolute Gasteiger partial charge is 0.241 e. The van der Waals surface area contributed by atoms with Crippen LogP contribution >= 0.6 is 0 Å². The molecule has 0 spiro atoms. The number of amides is 1. The first-order chi connectivity index (χ1) is 16.4. The Bertz CT molecular complexity index is 1140. The molecule has 1 saturated heterocycles. The standard InChI is InChI=1S/C23H28N8O3/c1-29-13-14-30(21(32)15-29)17-7-9-19(27-22(17)16-5-3-2-4-6-16)25-11-12-26-20-10-8-18(31(33)34)23(24)28-20/h2-10,33-34H,11-15H2,1H3,(H,25,27)(H3,24,26,28). The van der Waals surface area contributed by atoms with Crippen molar-refractivity contribution in [3.63, 3.8) is 0 Å². The molecule has 0 bridgehead atoms. The van der Waals surface area contributed by atoms with E-state index in [1.54, 1.807) is 11.0 Å². The van der Waals surface area contributed by atoms with Gasteiger partial charge in [-0.15, -0.1) is 5.23 Å². The number of nitrogens with zero attached hydrogens (tertiary/aromatic N) is 5. The van der Waals surface area contributed by atoms with Gasteiger partial charge in [0.25, 0.3) is 0 Å². The van der Waals surface area contributed by atoms with Crippen molar-refractivity contribution >= 4 is 34.7 Å². The van der Waals surface area contributed by atoms with Crippen LogP contribution in [0.2, 0.25) is 0 Å². The van der Waals surface area contributed by atoms with Gasteiger partial charge < -0.3 is 21.3 Å². The third kappa shape index (κ3) is 5.34. The van der Waals surface area contributed by atoms with Gasteiger partial charge in [0.2, 0.25) is 5.91 Å². The van der Waals surface area contributed by atoms with E-state index >= 15 is 0 Å². The predicted molar refractivity (Wildman–Crippen MR) is 131 cm³/mol. The number of nitrogens with one attached hydrogen (secondary N) is 2. The van der Waals surface area contributed by atoms with E-state index in [4.69, 9.17) is 21.1 Å². The minimum atomic E-state index is -0.0664. The molecule has 34 heavy (non-hydrogen) atoms. The third-order valence-electron chi connectivity index (χ3n) is 5.48. The molecule has 0 radical (unpaired) electrons. The number of benzene rings is 1. The largest absolute Gasteiger partial charge is 0.382 e. The number of rotatable bonds is 8. The number of nitrogens with two attached hydrogens (primary N) is 1. The summed E-state index contributed by atoms with van der Waals surface area (Å²) in [5, 5.41) is 24.5. The molecule has 0 atom stereocenters. The van der Waals surface area contributed by atoms with Crippen LogP contribution in [-0.4, -0.2) is 71.0 Å². The Balaban J connectivity index is 1.45. The number of nitrogen functional groups attached to an aromatic ring is 1. The molecule has 1 amide bonds. The highest BCUT2D eigenvalue weighted by Gasteiger charge is 2.25. The number of anilines is 5. The highest BCUT2D eigenvalue weighted by Crippen LogP contribution is 2.31. The lowest BCUT2D eigenvalue weighted by atomic mass is 10.1.